The lowest BCUT2D eigenvalue weighted by Crippen LogP contribution is -1.99. The molecule has 0 N–H and O–H groups in total. The summed E-state index contributed by atoms with van der Waals surface area (Å²) in [7, 11) is 0. The van der Waals surface area contributed by atoms with E-state index in [1.54, 1.807) is 0 Å². The Hall–Kier alpha value is -2.64. The topological polar surface area (TPSA) is 19.9 Å². The maximum Gasteiger partial charge on any atom is 0.107 e. The number of benzene rings is 3. The van der Waals surface area contributed by atoms with Crippen molar-refractivity contribution in [3.63, 3.8) is 0 Å². The molecular formula is C24H21O. The van der Waals surface area contributed by atoms with E-state index >= 15 is 0 Å². The normalized spacial score (nSPS) is 16.8. The predicted octanol–water partition coefficient (Wildman–Crippen LogP) is 6.43. The fourth-order valence-electron chi connectivity index (χ4n) is 3.86. The van der Waals surface area contributed by atoms with Gasteiger partial charge in [0.25, 0.3) is 0 Å². The second-order valence-electron chi connectivity index (χ2n) is 6.87. The van der Waals surface area contributed by atoms with Gasteiger partial charge in [0, 0.05) is 5.92 Å². The molecule has 0 amide bonds. The molecule has 1 heteroatoms. The van der Waals surface area contributed by atoms with Crippen molar-refractivity contribution in [2.45, 2.75) is 26.4 Å². The van der Waals surface area contributed by atoms with Gasteiger partial charge in [0.15, 0.2) is 0 Å². The van der Waals surface area contributed by atoms with Gasteiger partial charge in [-0.15, -0.1) is 0 Å². The van der Waals surface area contributed by atoms with Gasteiger partial charge in [-0.2, -0.15) is 0 Å². The molecular weight excluding hydrogens is 304 g/mol. The molecule has 1 radical (unpaired) electrons. The van der Waals surface area contributed by atoms with Crippen LogP contribution in [-0.2, 0) is 11.7 Å². The standard InChI is InChI=1S/C24H21O/c1-16-13-17(2)23(14-16)22-12-11-19-5-3-4-6-21(19)24(22)20-9-7-18(15-25)8-10-20/h3-14,23H,15H2,1-2H3. The molecule has 1 atom stereocenters. The number of allylic oxidation sites excluding steroid dienone is 4. The van der Waals surface area contributed by atoms with E-state index in [-0.39, 0.29) is 6.61 Å². The minimum Gasteiger partial charge on any atom is -0.232 e. The molecule has 25 heavy (non-hydrogen) atoms. The van der Waals surface area contributed by atoms with Crippen molar-refractivity contribution in [3.05, 3.63) is 95.1 Å². The van der Waals surface area contributed by atoms with Gasteiger partial charge in [-0.25, -0.2) is 5.11 Å². The summed E-state index contributed by atoms with van der Waals surface area (Å²) in [5.41, 5.74) is 7.32. The average molecular weight is 325 g/mol. The van der Waals surface area contributed by atoms with Crippen LogP contribution in [0.2, 0.25) is 0 Å². The van der Waals surface area contributed by atoms with Crippen LogP contribution in [0.4, 0.5) is 0 Å². The lowest BCUT2D eigenvalue weighted by molar-refractivity contribution is 0.177. The molecule has 3 aromatic carbocycles. The van der Waals surface area contributed by atoms with Gasteiger partial charge in [-0.1, -0.05) is 84.0 Å². The Morgan fingerprint density at radius 2 is 1.64 bits per heavy atom. The molecule has 0 saturated heterocycles. The van der Waals surface area contributed by atoms with Crippen LogP contribution in [-0.4, -0.2) is 0 Å². The lowest BCUT2D eigenvalue weighted by Gasteiger charge is -2.19. The van der Waals surface area contributed by atoms with Crippen LogP contribution < -0.4 is 0 Å². The van der Waals surface area contributed by atoms with E-state index in [0.717, 1.165) is 5.56 Å². The minimum absolute atomic E-state index is 0.172. The van der Waals surface area contributed by atoms with Gasteiger partial charge in [0.2, 0.25) is 0 Å². The van der Waals surface area contributed by atoms with Crippen molar-refractivity contribution < 1.29 is 5.11 Å². The zero-order chi connectivity index (χ0) is 17.4. The average Bonchev–Trinajstić information content (AvgIpc) is 2.99. The third-order valence-electron chi connectivity index (χ3n) is 5.08. The smallest absolute Gasteiger partial charge is 0.107 e. The maximum absolute atomic E-state index is 11.1. The highest BCUT2D eigenvalue weighted by Gasteiger charge is 2.21. The summed E-state index contributed by atoms with van der Waals surface area (Å²) in [5.74, 6) is 0.318. The third kappa shape index (κ3) is 2.81. The van der Waals surface area contributed by atoms with E-state index in [2.05, 4.69) is 74.5 Å². The van der Waals surface area contributed by atoms with Crippen LogP contribution >= 0.6 is 0 Å². The Morgan fingerprint density at radius 3 is 2.32 bits per heavy atom. The highest BCUT2D eigenvalue weighted by Crippen LogP contribution is 2.41. The molecule has 0 saturated carbocycles. The molecule has 123 valence electrons. The van der Waals surface area contributed by atoms with Gasteiger partial charge in [-0.05, 0) is 46.9 Å². The molecule has 1 aliphatic rings. The molecule has 0 fully saturated rings. The first-order valence-electron chi connectivity index (χ1n) is 8.73. The van der Waals surface area contributed by atoms with E-state index in [1.807, 2.05) is 12.1 Å². The second kappa shape index (κ2) is 6.34. The zero-order valence-electron chi connectivity index (χ0n) is 14.6. The van der Waals surface area contributed by atoms with Crippen molar-refractivity contribution in [2.24, 2.45) is 0 Å². The van der Waals surface area contributed by atoms with Crippen molar-refractivity contribution >= 4 is 10.8 Å². The summed E-state index contributed by atoms with van der Waals surface area (Å²) in [6, 6.07) is 21.1. The van der Waals surface area contributed by atoms with E-state index < -0.39 is 0 Å². The number of hydrogen-bond donors (Lipinski definition) is 0. The molecule has 0 aromatic heterocycles. The Morgan fingerprint density at radius 1 is 0.880 bits per heavy atom. The summed E-state index contributed by atoms with van der Waals surface area (Å²) in [4.78, 5) is 0. The van der Waals surface area contributed by atoms with Gasteiger partial charge in [0.05, 0.1) is 0 Å². The third-order valence-corrected chi connectivity index (χ3v) is 5.08. The van der Waals surface area contributed by atoms with E-state index in [1.165, 1.54) is 38.6 Å². The molecule has 1 nitrogen and oxygen atoms in total. The van der Waals surface area contributed by atoms with Crippen LogP contribution in [0.1, 0.15) is 30.9 Å². The fraction of sp³-hybridized carbons (Fsp3) is 0.167. The highest BCUT2D eigenvalue weighted by atomic mass is 16.3. The van der Waals surface area contributed by atoms with Crippen LogP contribution in [0.3, 0.4) is 0 Å². The zero-order valence-corrected chi connectivity index (χ0v) is 14.6. The molecule has 4 rings (SSSR count). The molecule has 0 heterocycles. The van der Waals surface area contributed by atoms with E-state index in [0.29, 0.717) is 5.92 Å². The first-order valence-corrected chi connectivity index (χ1v) is 8.73. The summed E-state index contributed by atoms with van der Waals surface area (Å²) >= 11 is 0. The maximum atomic E-state index is 11.1. The summed E-state index contributed by atoms with van der Waals surface area (Å²) < 4.78 is 0. The van der Waals surface area contributed by atoms with Crippen LogP contribution in [0.5, 0.6) is 0 Å². The highest BCUT2D eigenvalue weighted by molar-refractivity contribution is 5.99. The number of rotatable bonds is 3. The minimum atomic E-state index is -0.172. The van der Waals surface area contributed by atoms with E-state index in [9.17, 15) is 5.11 Å². The number of hydrogen-bond acceptors (Lipinski definition) is 0. The van der Waals surface area contributed by atoms with Crippen molar-refractivity contribution in [1.29, 1.82) is 0 Å². The first kappa shape index (κ1) is 15.9. The predicted molar refractivity (Wildman–Crippen MR) is 104 cm³/mol. The van der Waals surface area contributed by atoms with Crippen LogP contribution in [0.25, 0.3) is 21.9 Å². The monoisotopic (exact) mass is 325 g/mol. The SMILES string of the molecule is CC1=CC(c2ccc3ccccc3c2-c2ccc(C[O])cc2)C(C)=C1. The number of fused-ring (bicyclic) bond motifs is 1. The van der Waals surface area contributed by atoms with Gasteiger partial charge >= 0.3 is 0 Å². The Kier molecular flexibility index (Phi) is 4.03. The van der Waals surface area contributed by atoms with Crippen molar-refractivity contribution in [3.8, 4) is 11.1 Å². The van der Waals surface area contributed by atoms with Gasteiger partial charge < -0.3 is 0 Å². The lowest BCUT2D eigenvalue weighted by atomic mass is 9.84. The molecule has 1 aliphatic carbocycles. The van der Waals surface area contributed by atoms with Gasteiger partial charge in [-0.3, -0.25) is 0 Å². The van der Waals surface area contributed by atoms with Crippen LogP contribution in [0.15, 0.2) is 84.0 Å². The Bertz CT molecular complexity index is 990. The molecule has 3 aromatic rings. The Balaban J connectivity index is 1.98. The van der Waals surface area contributed by atoms with Gasteiger partial charge in [0.1, 0.15) is 6.61 Å². The van der Waals surface area contributed by atoms with Crippen molar-refractivity contribution in [1.82, 2.24) is 0 Å². The molecule has 0 aliphatic heterocycles. The van der Waals surface area contributed by atoms with Crippen molar-refractivity contribution in [2.75, 3.05) is 0 Å². The quantitative estimate of drug-likeness (QED) is 0.529. The first-order chi connectivity index (χ1) is 12.2. The molecule has 1 unspecified atom stereocenters. The summed E-state index contributed by atoms with van der Waals surface area (Å²) in [6.45, 7) is 4.19. The molecule has 0 bridgehead atoms. The van der Waals surface area contributed by atoms with E-state index in [4.69, 9.17) is 0 Å². The Labute approximate surface area is 148 Å². The summed E-state index contributed by atoms with van der Waals surface area (Å²) in [5, 5.41) is 13.6. The molecule has 0 spiro atoms. The fourth-order valence-corrected chi connectivity index (χ4v) is 3.86. The van der Waals surface area contributed by atoms with Crippen LogP contribution in [0, 0.1) is 0 Å². The second-order valence-corrected chi connectivity index (χ2v) is 6.87. The largest absolute Gasteiger partial charge is 0.232 e. The summed E-state index contributed by atoms with van der Waals surface area (Å²) in [6.07, 6.45) is 4.61.